The Morgan fingerprint density at radius 3 is 2.41 bits per heavy atom. The van der Waals surface area contributed by atoms with Gasteiger partial charge < -0.3 is 9.32 Å². The van der Waals surface area contributed by atoms with E-state index in [9.17, 15) is 4.79 Å². The van der Waals surface area contributed by atoms with Crippen LogP contribution in [0.1, 0.15) is 31.2 Å². The normalized spacial score (nSPS) is 11.9. The number of amides is 1. The van der Waals surface area contributed by atoms with E-state index in [0.717, 1.165) is 5.69 Å². The third-order valence-electron chi connectivity index (χ3n) is 4.30. The standard InChI is InChI=1S/C21H23N3O2S/c1-3-24(18-12-8-5-9-13-18)20(25)15-27-21-23-22-19(26-21)14-16(2)17-10-6-4-7-11-17/h4-13,16H,3,14-15H2,1-2H3. The first-order valence-corrected chi connectivity index (χ1v) is 10.0. The molecule has 1 unspecified atom stereocenters. The van der Waals surface area contributed by atoms with Crippen molar-refractivity contribution in [1.29, 1.82) is 0 Å². The number of nitrogens with zero attached hydrogens (tertiary/aromatic N) is 3. The van der Waals surface area contributed by atoms with Crippen molar-refractivity contribution in [3.8, 4) is 0 Å². The topological polar surface area (TPSA) is 59.2 Å². The van der Waals surface area contributed by atoms with Gasteiger partial charge in [0.2, 0.25) is 11.8 Å². The third-order valence-corrected chi connectivity index (χ3v) is 5.11. The minimum Gasteiger partial charge on any atom is -0.416 e. The number of para-hydroxylation sites is 1. The second-order valence-corrected chi connectivity index (χ2v) is 7.17. The van der Waals surface area contributed by atoms with Crippen LogP contribution in [0.25, 0.3) is 0 Å². The lowest BCUT2D eigenvalue weighted by atomic mass is 9.98. The molecule has 0 radical (unpaired) electrons. The minimum absolute atomic E-state index is 0.0195. The molecule has 0 fully saturated rings. The number of hydrogen-bond acceptors (Lipinski definition) is 5. The second kappa shape index (κ2) is 9.37. The van der Waals surface area contributed by atoms with Gasteiger partial charge in [0.05, 0.1) is 5.75 Å². The molecule has 0 aliphatic carbocycles. The summed E-state index contributed by atoms with van der Waals surface area (Å²) in [7, 11) is 0. The summed E-state index contributed by atoms with van der Waals surface area (Å²) in [5, 5.41) is 8.62. The highest BCUT2D eigenvalue weighted by Gasteiger charge is 2.17. The molecule has 1 heterocycles. The number of thioether (sulfide) groups is 1. The van der Waals surface area contributed by atoms with Gasteiger partial charge in [0.25, 0.3) is 5.22 Å². The maximum absolute atomic E-state index is 12.5. The number of carbonyl (C=O) groups excluding carboxylic acids is 1. The third kappa shape index (κ3) is 5.20. The molecule has 1 atom stereocenters. The molecule has 0 N–H and O–H groups in total. The number of rotatable bonds is 8. The summed E-state index contributed by atoms with van der Waals surface area (Å²) >= 11 is 1.28. The molecule has 0 spiro atoms. The first kappa shape index (κ1) is 19.2. The van der Waals surface area contributed by atoms with E-state index < -0.39 is 0 Å². The molecule has 0 saturated carbocycles. The van der Waals surface area contributed by atoms with Crippen LogP contribution in [0.2, 0.25) is 0 Å². The predicted molar refractivity (Wildman–Crippen MR) is 108 cm³/mol. The molecule has 3 aromatic rings. The van der Waals surface area contributed by atoms with Gasteiger partial charge in [0, 0.05) is 18.7 Å². The summed E-state index contributed by atoms with van der Waals surface area (Å²) in [4.78, 5) is 14.3. The summed E-state index contributed by atoms with van der Waals surface area (Å²) in [6.45, 7) is 4.72. The first-order chi connectivity index (χ1) is 13.2. The van der Waals surface area contributed by atoms with Crippen molar-refractivity contribution in [3.05, 3.63) is 72.1 Å². The molecular weight excluding hydrogens is 358 g/mol. The Morgan fingerprint density at radius 2 is 1.74 bits per heavy atom. The van der Waals surface area contributed by atoms with Crippen molar-refractivity contribution in [1.82, 2.24) is 10.2 Å². The van der Waals surface area contributed by atoms with E-state index in [-0.39, 0.29) is 11.7 Å². The molecule has 6 heteroatoms. The highest BCUT2D eigenvalue weighted by Crippen LogP contribution is 2.23. The van der Waals surface area contributed by atoms with Crippen LogP contribution in [0.5, 0.6) is 0 Å². The molecule has 140 valence electrons. The molecule has 2 aromatic carbocycles. The molecule has 27 heavy (non-hydrogen) atoms. The van der Waals surface area contributed by atoms with Crippen LogP contribution in [-0.2, 0) is 11.2 Å². The van der Waals surface area contributed by atoms with Crippen molar-refractivity contribution < 1.29 is 9.21 Å². The average molecular weight is 382 g/mol. The Hall–Kier alpha value is -2.60. The van der Waals surface area contributed by atoms with Gasteiger partial charge in [0.1, 0.15) is 0 Å². The number of anilines is 1. The van der Waals surface area contributed by atoms with Gasteiger partial charge in [-0.05, 0) is 30.5 Å². The maximum Gasteiger partial charge on any atom is 0.277 e. The molecule has 0 aliphatic rings. The van der Waals surface area contributed by atoms with Crippen LogP contribution >= 0.6 is 11.8 Å². The fourth-order valence-electron chi connectivity index (χ4n) is 2.85. The van der Waals surface area contributed by atoms with Gasteiger partial charge in [0.15, 0.2) is 0 Å². The summed E-state index contributed by atoms with van der Waals surface area (Å²) in [6.07, 6.45) is 0.677. The zero-order chi connectivity index (χ0) is 19.1. The molecule has 0 aliphatic heterocycles. The summed E-state index contributed by atoms with van der Waals surface area (Å²) in [5.41, 5.74) is 2.13. The Bertz CT molecular complexity index is 852. The Labute approximate surface area is 163 Å². The van der Waals surface area contributed by atoms with Crippen LogP contribution in [0, 0.1) is 0 Å². The lowest BCUT2D eigenvalue weighted by Crippen LogP contribution is -2.32. The number of hydrogen-bond donors (Lipinski definition) is 0. The largest absolute Gasteiger partial charge is 0.416 e. The molecule has 1 aromatic heterocycles. The molecule has 3 rings (SSSR count). The minimum atomic E-state index is 0.0195. The zero-order valence-electron chi connectivity index (χ0n) is 15.5. The van der Waals surface area contributed by atoms with Crippen LogP contribution in [0.4, 0.5) is 5.69 Å². The van der Waals surface area contributed by atoms with E-state index in [1.54, 1.807) is 4.90 Å². The lowest BCUT2D eigenvalue weighted by Gasteiger charge is -2.20. The van der Waals surface area contributed by atoms with Crippen LogP contribution in [0.15, 0.2) is 70.3 Å². The van der Waals surface area contributed by atoms with Gasteiger partial charge in [-0.2, -0.15) is 0 Å². The highest BCUT2D eigenvalue weighted by molar-refractivity contribution is 7.99. The molecule has 0 saturated heterocycles. The fourth-order valence-corrected chi connectivity index (χ4v) is 3.51. The van der Waals surface area contributed by atoms with Gasteiger partial charge >= 0.3 is 0 Å². The maximum atomic E-state index is 12.5. The summed E-state index contributed by atoms with van der Waals surface area (Å²) in [6, 6.07) is 19.9. The number of aromatic nitrogens is 2. The van der Waals surface area contributed by atoms with E-state index >= 15 is 0 Å². The van der Waals surface area contributed by atoms with Gasteiger partial charge in [-0.1, -0.05) is 67.2 Å². The van der Waals surface area contributed by atoms with E-state index in [4.69, 9.17) is 4.42 Å². The van der Waals surface area contributed by atoms with Gasteiger partial charge in [-0.3, -0.25) is 4.79 Å². The van der Waals surface area contributed by atoms with E-state index in [1.165, 1.54) is 17.3 Å². The fraction of sp³-hybridized carbons (Fsp3) is 0.286. The van der Waals surface area contributed by atoms with E-state index in [0.29, 0.717) is 30.0 Å². The zero-order valence-corrected chi connectivity index (χ0v) is 16.4. The smallest absolute Gasteiger partial charge is 0.277 e. The van der Waals surface area contributed by atoms with E-state index in [2.05, 4.69) is 29.3 Å². The molecule has 5 nitrogen and oxygen atoms in total. The first-order valence-electron chi connectivity index (χ1n) is 9.03. The average Bonchev–Trinajstić information content (AvgIpc) is 3.16. The highest BCUT2D eigenvalue weighted by atomic mass is 32.2. The van der Waals surface area contributed by atoms with Crippen molar-refractivity contribution in [2.45, 2.75) is 31.4 Å². The lowest BCUT2D eigenvalue weighted by molar-refractivity contribution is -0.116. The second-order valence-electron chi connectivity index (χ2n) is 6.24. The van der Waals surface area contributed by atoms with Gasteiger partial charge in [-0.25, -0.2) is 0 Å². The van der Waals surface area contributed by atoms with Crippen molar-refractivity contribution in [3.63, 3.8) is 0 Å². The molecule has 1 amide bonds. The summed E-state index contributed by atoms with van der Waals surface area (Å²) < 4.78 is 5.72. The SMILES string of the molecule is CCN(C(=O)CSc1nnc(CC(C)c2ccccc2)o1)c1ccccc1. The quantitative estimate of drug-likeness (QED) is 0.535. The number of benzene rings is 2. The summed E-state index contributed by atoms with van der Waals surface area (Å²) in [5.74, 6) is 1.17. The molecule has 0 bridgehead atoms. The van der Waals surface area contributed by atoms with Crippen molar-refractivity contribution in [2.75, 3.05) is 17.2 Å². The monoisotopic (exact) mass is 381 g/mol. The van der Waals surface area contributed by atoms with Crippen LogP contribution < -0.4 is 4.90 Å². The predicted octanol–water partition coefficient (Wildman–Crippen LogP) is 4.56. The van der Waals surface area contributed by atoms with Crippen molar-refractivity contribution >= 4 is 23.4 Å². The molecular formula is C21H23N3O2S. The number of carbonyl (C=O) groups is 1. The van der Waals surface area contributed by atoms with Crippen molar-refractivity contribution in [2.24, 2.45) is 0 Å². The van der Waals surface area contributed by atoms with Gasteiger partial charge in [-0.15, -0.1) is 10.2 Å². The Balaban J connectivity index is 1.55. The Kier molecular flexibility index (Phi) is 6.65. The Morgan fingerprint density at radius 1 is 1.07 bits per heavy atom. The van der Waals surface area contributed by atoms with Crippen LogP contribution in [-0.4, -0.2) is 28.4 Å². The van der Waals surface area contributed by atoms with E-state index in [1.807, 2.05) is 55.5 Å². The van der Waals surface area contributed by atoms with Crippen LogP contribution in [0.3, 0.4) is 0 Å².